The highest BCUT2D eigenvalue weighted by molar-refractivity contribution is 6.08. The Morgan fingerprint density at radius 2 is 1.80 bits per heavy atom. The summed E-state index contributed by atoms with van der Waals surface area (Å²) < 4.78 is 26.8. The normalized spacial score (nSPS) is 21.4. The van der Waals surface area contributed by atoms with Gasteiger partial charge in [0.2, 0.25) is 17.6 Å². The first-order valence-electron chi connectivity index (χ1n) is 9.71. The van der Waals surface area contributed by atoms with E-state index in [4.69, 9.17) is 28.7 Å². The average Bonchev–Trinajstić information content (AvgIpc) is 2.78. The van der Waals surface area contributed by atoms with Crippen molar-refractivity contribution >= 4 is 17.8 Å². The number of aliphatic imine (C=N–C) groups is 1. The second kappa shape index (κ2) is 9.66. The maximum absolute atomic E-state index is 12.9. The Balaban J connectivity index is 2.09. The van der Waals surface area contributed by atoms with Crippen LogP contribution in [-0.4, -0.2) is 77.0 Å². The largest absolute Gasteiger partial charge is 0.493 e. The van der Waals surface area contributed by atoms with E-state index in [-0.39, 0.29) is 6.61 Å². The number of esters is 1. The minimum Gasteiger partial charge on any atom is -0.493 e. The molecule has 1 N–H and O–H groups in total. The number of nitrogens with zero attached hydrogens (tertiary/aromatic N) is 2. The zero-order chi connectivity index (χ0) is 21.7. The van der Waals surface area contributed by atoms with Gasteiger partial charge >= 0.3 is 5.97 Å². The van der Waals surface area contributed by atoms with Gasteiger partial charge < -0.3 is 28.6 Å². The van der Waals surface area contributed by atoms with E-state index in [9.17, 15) is 9.59 Å². The van der Waals surface area contributed by atoms with Crippen molar-refractivity contribution in [2.24, 2.45) is 10.9 Å². The molecule has 164 valence electrons. The minimum absolute atomic E-state index is 0.157. The molecule has 0 bridgehead atoms. The molecule has 0 radical (unpaired) electrons. The Bertz CT molecular complexity index is 796. The molecule has 0 aliphatic carbocycles. The van der Waals surface area contributed by atoms with Gasteiger partial charge in [-0.1, -0.05) is 0 Å². The summed E-state index contributed by atoms with van der Waals surface area (Å²) in [6.45, 7) is 4.09. The lowest BCUT2D eigenvalue weighted by Gasteiger charge is -2.35. The van der Waals surface area contributed by atoms with E-state index in [0.717, 1.165) is 0 Å². The molecule has 2 aliphatic heterocycles. The Morgan fingerprint density at radius 1 is 1.17 bits per heavy atom. The number of methoxy groups -OCH3 is 3. The quantitative estimate of drug-likeness (QED) is 0.530. The van der Waals surface area contributed by atoms with E-state index < -0.39 is 23.8 Å². The van der Waals surface area contributed by atoms with Crippen molar-refractivity contribution in [3.8, 4) is 17.2 Å². The minimum atomic E-state index is -1.14. The van der Waals surface area contributed by atoms with Gasteiger partial charge in [0.25, 0.3) is 0 Å². The summed E-state index contributed by atoms with van der Waals surface area (Å²) in [6.07, 6.45) is 0. The van der Waals surface area contributed by atoms with Crippen LogP contribution in [0.1, 0.15) is 18.5 Å². The zero-order valence-electron chi connectivity index (χ0n) is 17.6. The van der Waals surface area contributed by atoms with Gasteiger partial charge in [0.15, 0.2) is 17.4 Å². The van der Waals surface area contributed by atoms with Crippen LogP contribution < -0.4 is 19.5 Å². The van der Waals surface area contributed by atoms with Crippen LogP contribution >= 0.6 is 0 Å². The van der Waals surface area contributed by atoms with Crippen molar-refractivity contribution in [2.45, 2.75) is 13.0 Å². The maximum atomic E-state index is 12.9. The average molecular weight is 421 g/mol. The van der Waals surface area contributed by atoms with Crippen molar-refractivity contribution < 1.29 is 33.3 Å². The molecule has 1 amide bonds. The summed E-state index contributed by atoms with van der Waals surface area (Å²) in [4.78, 5) is 32.2. The van der Waals surface area contributed by atoms with Crippen molar-refractivity contribution in [1.82, 2.24) is 10.2 Å². The molecule has 1 aromatic rings. The van der Waals surface area contributed by atoms with Crippen LogP contribution in [0.25, 0.3) is 0 Å². The van der Waals surface area contributed by atoms with E-state index >= 15 is 0 Å². The van der Waals surface area contributed by atoms with Crippen LogP contribution in [0.15, 0.2) is 17.1 Å². The number of rotatable bonds is 6. The summed E-state index contributed by atoms with van der Waals surface area (Å²) in [5.41, 5.74) is 0.572. The fraction of sp³-hybridized carbons (Fsp3) is 0.550. The summed E-state index contributed by atoms with van der Waals surface area (Å²) >= 11 is 0. The van der Waals surface area contributed by atoms with Crippen molar-refractivity contribution in [2.75, 3.05) is 54.2 Å². The topological polar surface area (TPSA) is 108 Å². The predicted octanol–water partition coefficient (Wildman–Crippen LogP) is 0.751. The summed E-state index contributed by atoms with van der Waals surface area (Å²) in [5, 5.41) is 2.75. The van der Waals surface area contributed by atoms with Crippen molar-refractivity contribution in [1.29, 1.82) is 0 Å². The van der Waals surface area contributed by atoms with Crippen LogP contribution in [0, 0.1) is 5.92 Å². The van der Waals surface area contributed by atoms with E-state index in [2.05, 4.69) is 5.32 Å². The zero-order valence-corrected chi connectivity index (χ0v) is 17.6. The molecule has 2 heterocycles. The Morgan fingerprint density at radius 3 is 2.33 bits per heavy atom. The summed E-state index contributed by atoms with van der Waals surface area (Å²) in [6, 6.07) is 2.57. The third-order valence-electron chi connectivity index (χ3n) is 4.97. The standard InChI is InChI=1S/C20H27N3O7/c1-5-30-19(25)15-16(12-10-13(26-2)17(28-4)14(11-12)27-3)21-20(22-18(15)24)23-6-8-29-9-7-23/h10-11,15-16H,5-9H2,1-4H3,(H,21,22,24)/t15-,16+/m0/s1. The second-order valence-corrected chi connectivity index (χ2v) is 6.67. The first kappa shape index (κ1) is 21.7. The highest BCUT2D eigenvalue weighted by Gasteiger charge is 2.42. The molecule has 3 rings (SSSR count). The third-order valence-corrected chi connectivity index (χ3v) is 4.97. The molecule has 1 aromatic carbocycles. The number of nitrogens with one attached hydrogen (secondary N) is 1. The Hall–Kier alpha value is -3.01. The lowest BCUT2D eigenvalue weighted by molar-refractivity contribution is -0.153. The number of amides is 1. The van der Waals surface area contributed by atoms with Gasteiger partial charge in [-0.25, -0.2) is 4.99 Å². The van der Waals surface area contributed by atoms with Gasteiger partial charge in [0.05, 0.1) is 41.2 Å². The molecule has 10 nitrogen and oxygen atoms in total. The SMILES string of the molecule is CCOC(=O)[C@@H]1C(=O)NC(N2CCOCC2)=N[C@@H]1c1cc(OC)c(OC)c(OC)c1. The van der Waals surface area contributed by atoms with Crippen molar-refractivity contribution in [3.05, 3.63) is 17.7 Å². The number of ether oxygens (including phenoxy) is 5. The predicted molar refractivity (Wildman–Crippen MR) is 107 cm³/mol. The Kier molecular flexibility index (Phi) is 6.99. The summed E-state index contributed by atoms with van der Waals surface area (Å²) in [5.74, 6) is -0.622. The van der Waals surface area contributed by atoms with Gasteiger partial charge in [0.1, 0.15) is 6.04 Å². The van der Waals surface area contributed by atoms with Crippen LogP contribution in [0.2, 0.25) is 0 Å². The fourth-order valence-electron chi connectivity index (χ4n) is 3.51. The highest BCUT2D eigenvalue weighted by atomic mass is 16.5. The molecular formula is C20H27N3O7. The maximum Gasteiger partial charge on any atom is 0.321 e. The number of hydrogen-bond acceptors (Lipinski definition) is 9. The van der Waals surface area contributed by atoms with Gasteiger partial charge in [-0.15, -0.1) is 0 Å². The molecule has 0 unspecified atom stereocenters. The number of benzene rings is 1. The molecule has 30 heavy (non-hydrogen) atoms. The molecule has 0 spiro atoms. The lowest BCUT2D eigenvalue weighted by Crippen LogP contribution is -2.55. The monoisotopic (exact) mass is 421 g/mol. The van der Waals surface area contributed by atoms with Gasteiger partial charge in [-0.05, 0) is 24.6 Å². The lowest BCUT2D eigenvalue weighted by atomic mass is 9.91. The number of carbonyl (C=O) groups is 2. The number of guanidine groups is 1. The number of carbonyl (C=O) groups excluding carboxylic acids is 2. The molecule has 1 saturated heterocycles. The van der Waals surface area contributed by atoms with E-state index in [0.29, 0.717) is 55.1 Å². The molecule has 1 fully saturated rings. The van der Waals surface area contributed by atoms with Gasteiger partial charge in [0, 0.05) is 13.1 Å². The van der Waals surface area contributed by atoms with E-state index in [1.165, 1.54) is 21.3 Å². The van der Waals surface area contributed by atoms with Crippen LogP contribution in [0.3, 0.4) is 0 Å². The van der Waals surface area contributed by atoms with Crippen LogP contribution in [-0.2, 0) is 19.1 Å². The van der Waals surface area contributed by atoms with E-state index in [1.54, 1.807) is 19.1 Å². The molecular weight excluding hydrogens is 394 g/mol. The van der Waals surface area contributed by atoms with Crippen LogP contribution in [0.5, 0.6) is 17.2 Å². The number of hydrogen-bond donors (Lipinski definition) is 1. The molecule has 0 saturated carbocycles. The smallest absolute Gasteiger partial charge is 0.321 e. The fourth-order valence-corrected chi connectivity index (χ4v) is 3.51. The molecule has 2 atom stereocenters. The molecule has 2 aliphatic rings. The van der Waals surface area contributed by atoms with Crippen LogP contribution in [0.4, 0.5) is 0 Å². The first-order valence-corrected chi connectivity index (χ1v) is 9.71. The van der Waals surface area contributed by atoms with Crippen molar-refractivity contribution in [3.63, 3.8) is 0 Å². The first-order chi connectivity index (χ1) is 14.5. The second-order valence-electron chi connectivity index (χ2n) is 6.67. The summed E-state index contributed by atoms with van der Waals surface area (Å²) in [7, 11) is 4.50. The van der Waals surface area contributed by atoms with Gasteiger partial charge in [-0.3, -0.25) is 14.9 Å². The van der Waals surface area contributed by atoms with E-state index in [1.807, 2.05) is 4.90 Å². The Labute approximate surface area is 175 Å². The number of morpholine rings is 1. The molecule has 0 aromatic heterocycles. The third kappa shape index (κ3) is 4.28. The highest BCUT2D eigenvalue weighted by Crippen LogP contribution is 2.42. The van der Waals surface area contributed by atoms with Gasteiger partial charge in [-0.2, -0.15) is 0 Å². The molecule has 10 heteroatoms.